The molecule has 0 aliphatic carbocycles. The Balaban J connectivity index is 3.01. The zero-order valence-corrected chi connectivity index (χ0v) is 11.8. The van der Waals surface area contributed by atoms with Crippen LogP contribution >= 0.6 is 0 Å². The Bertz CT molecular complexity index is 441. The molecule has 1 rings (SSSR count). The second kappa shape index (κ2) is 5.29. The van der Waals surface area contributed by atoms with Crippen molar-refractivity contribution in [2.75, 3.05) is 19.9 Å². The van der Waals surface area contributed by atoms with E-state index in [4.69, 9.17) is 10.5 Å². The van der Waals surface area contributed by atoms with Crippen LogP contribution in [0.2, 0.25) is 0 Å². The van der Waals surface area contributed by atoms with Gasteiger partial charge in [-0.15, -0.1) is 0 Å². The Labute approximate surface area is 109 Å². The number of hydrogen-bond acceptors (Lipinski definition) is 3. The van der Waals surface area contributed by atoms with Crippen molar-refractivity contribution in [3.63, 3.8) is 0 Å². The average molecular weight is 250 g/mol. The van der Waals surface area contributed by atoms with E-state index in [2.05, 4.69) is 6.92 Å². The highest BCUT2D eigenvalue weighted by Gasteiger charge is 2.26. The molecule has 4 nitrogen and oxygen atoms in total. The quantitative estimate of drug-likeness (QED) is 0.835. The van der Waals surface area contributed by atoms with Crippen molar-refractivity contribution < 1.29 is 9.53 Å². The minimum absolute atomic E-state index is 0.0313. The molecule has 1 amide bonds. The van der Waals surface area contributed by atoms with E-state index >= 15 is 0 Å². The molecule has 0 aliphatic rings. The lowest BCUT2D eigenvalue weighted by Crippen LogP contribution is -2.44. The van der Waals surface area contributed by atoms with Crippen molar-refractivity contribution in [2.24, 2.45) is 0 Å². The fraction of sp³-hybridized carbons (Fsp3) is 0.500. The predicted molar refractivity (Wildman–Crippen MR) is 73.9 cm³/mol. The van der Waals surface area contributed by atoms with Crippen molar-refractivity contribution in [1.82, 2.24) is 4.90 Å². The van der Waals surface area contributed by atoms with E-state index in [0.29, 0.717) is 17.0 Å². The van der Waals surface area contributed by atoms with Crippen molar-refractivity contribution in [3.8, 4) is 5.75 Å². The second-order valence-corrected chi connectivity index (χ2v) is 4.99. The van der Waals surface area contributed by atoms with Crippen LogP contribution in [0.3, 0.4) is 0 Å². The standard InChI is InChI=1S/C14H22N2O2/c1-6-14(2,3)16(4)13(17)10-7-8-12(18-5)11(15)9-10/h7-9H,6,15H2,1-5H3. The molecule has 100 valence electrons. The SMILES string of the molecule is CCC(C)(C)N(C)C(=O)c1ccc(OC)c(N)c1. The summed E-state index contributed by atoms with van der Waals surface area (Å²) < 4.78 is 5.08. The Hall–Kier alpha value is -1.71. The minimum Gasteiger partial charge on any atom is -0.495 e. The Morgan fingerprint density at radius 1 is 1.44 bits per heavy atom. The van der Waals surface area contributed by atoms with Gasteiger partial charge < -0.3 is 15.4 Å². The van der Waals surface area contributed by atoms with E-state index in [0.717, 1.165) is 6.42 Å². The normalized spacial score (nSPS) is 11.2. The summed E-state index contributed by atoms with van der Waals surface area (Å²) in [5.41, 5.74) is 6.70. The summed E-state index contributed by atoms with van der Waals surface area (Å²) in [6.45, 7) is 6.14. The van der Waals surface area contributed by atoms with Gasteiger partial charge in [-0.2, -0.15) is 0 Å². The maximum Gasteiger partial charge on any atom is 0.254 e. The third kappa shape index (κ3) is 2.75. The van der Waals surface area contributed by atoms with E-state index in [9.17, 15) is 4.79 Å². The van der Waals surface area contributed by atoms with Gasteiger partial charge in [-0.25, -0.2) is 0 Å². The first kappa shape index (κ1) is 14.4. The number of methoxy groups -OCH3 is 1. The van der Waals surface area contributed by atoms with Gasteiger partial charge in [0.1, 0.15) is 5.75 Å². The van der Waals surface area contributed by atoms with E-state index in [1.807, 2.05) is 20.9 Å². The first-order chi connectivity index (χ1) is 8.33. The first-order valence-electron chi connectivity index (χ1n) is 6.05. The number of anilines is 1. The number of ether oxygens (including phenoxy) is 1. The summed E-state index contributed by atoms with van der Waals surface area (Å²) >= 11 is 0. The van der Waals surface area contributed by atoms with Gasteiger partial charge in [0.25, 0.3) is 5.91 Å². The lowest BCUT2D eigenvalue weighted by Gasteiger charge is -2.35. The van der Waals surface area contributed by atoms with Gasteiger partial charge in [0.2, 0.25) is 0 Å². The Kier molecular flexibility index (Phi) is 4.22. The van der Waals surface area contributed by atoms with Gasteiger partial charge in [0, 0.05) is 18.2 Å². The van der Waals surface area contributed by atoms with Crippen molar-refractivity contribution in [2.45, 2.75) is 32.7 Å². The van der Waals surface area contributed by atoms with Gasteiger partial charge in [0.15, 0.2) is 0 Å². The molecule has 0 heterocycles. The van der Waals surface area contributed by atoms with Gasteiger partial charge in [0.05, 0.1) is 12.8 Å². The maximum atomic E-state index is 12.3. The summed E-state index contributed by atoms with van der Waals surface area (Å²) in [6, 6.07) is 5.11. The van der Waals surface area contributed by atoms with E-state index in [1.54, 1.807) is 30.2 Å². The van der Waals surface area contributed by atoms with Crippen LogP contribution in [0.15, 0.2) is 18.2 Å². The zero-order chi connectivity index (χ0) is 13.9. The smallest absolute Gasteiger partial charge is 0.254 e. The summed E-state index contributed by atoms with van der Waals surface area (Å²) in [5, 5.41) is 0. The molecule has 0 aliphatic heterocycles. The number of nitrogen functional groups attached to an aromatic ring is 1. The molecule has 18 heavy (non-hydrogen) atoms. The molecule has 0 fully saturated rings. The molecule has 0 saturated carbocycles. The monoisotopic (exact) mass is 250 g/mol. The number of nitrogens with zero attached hydrogens (tertiary/aromatic N) is 1. The van der Waals surface area contributed by atoms with Crippen LogP contribution in [0.1, 0.15) is 37.6 Å². The van der Waals surface area contributed by atoms with Crippen LogP contribution in [0.25, 0.3) is 0 Å². The summed E-state index contributed by atoms with van der Waals surface area (Å²) in [5.74, 6) is 0.556. The molecule has 1 aromatic rings. The highest BCUT2D eigenvalue weighted by atomic mass is 16.5. The second-order valence-electron chi connectivity index (χ2n) is 4.99. The number of benzene rings is 1. The number of nitrogens with two attached hydrogens (primary N) is 1. The highest BCUT2D eigenvalue weighted by Crippen LogP contribution is 2.25. The molecule has 2 N–H and O–H groups in total. The topological polar surface area (TPSA) is 55.6 Å². The molecular weight excluding hydrogens is 228 g/mol. The van der Waals surface area contributed by atoms with Gasteiger partial charge in [-0.05, 0) is 38.5 Å². The highest BCUT2D eigenvalue weighted by molar-refractivity contribution is 5.95. The molecule has 0 aromatic heterocycles. The third-order valence-electron chi connectivity index (χ3n) is 3.55. The van der Waals surface area contributed by atoms with E-state index in [-0.39, 0.29) is 11.4 Å². The average Bonchev–Trinajstić information content (AvgIpc) is 2.36. The number of rotatable bonds is 4. The van der Waals surface area contributed by atoms with Gasteiger partial charge in [-0.1, -0.05) is 6.92 Å². The number of amides is 1. The van der Waals surface area contributed by atoms with Crippen LogP contribution in [0, 0.1) is 0 Å². The summed E-state index contributed by atoms with van der Waals surface area (Å²) in [4.78, 5) is 14.1. The number of carbonyl (C=O) groups excluding carboxylic acids is 1. The Morgan fingerprint density at radius 3 is 2.50 bits per heavy atom. The first-order valence-corrected chi connectivity index (χ1v) is 6.05. The van der Waals surface area contributed by atoms with E-state index in [1.165, 1.54) is 0 Å². The molecule has 0 atom stereocenters. The molecule has 0 radical (unpaired) electrons. The lowest BCUT2D eigenvalue weighted by molar-refractivity contribution is 0.0620. The largest absolute Gasteiger partial charge is 0.495 e. The molecule has 4 heteroatoms. The Morgan fingerprint density at radius 2 is 2.06 bits per heavy atom. The third-order valence-corrected chi connectivity index (χ3v) is 3.55. The van der Waals surface area contributed by atoms with Crippen LogP contribution in [0.5, 0.6) is 5.75 Å². The van der Waals surface area contributed by atoms with Crippen molar-refractivity contribution in [3.05, 3.63) is 23.8 Å². The molecule has 0 bridgehead atoms. The maximum absolute atomic E-state index is 12.3. The summed E-state index contributed by atoms with van der Waals surface area (Å²) in [7, 11) is 3.37. The van der Waals surface area contributed by atoms with Crippen LogP contribution in [-0.2, 0) is 0 Å². The van der Waals surface area contributed by atoms with Crippen LogP contribution in [0.4, 0.5) is 5.69 Å². The minimum atomic E-state index is -0.175. The van der Waals surface area contributed by atoms with Crippen molar-refractivity contribution in [1.29, 1.82) is 0 Å². The van der Waals surface area contributed by atoms with Crippen molar-refractivity contribution >= 4 is 11.6 Å². The fourth-order valence-electron chi connectivity index (χ4n) is 1.57. The van der Waals surface area contributed by atoms with Crippen LogP contribution in [-0.4, -0.2) is 30.5 Å². The molecule has 0 unspecified atom stereocenters. The van der Waals surface area contributed by atoms with Crippen LogP contribution < -0.4 is 10.5 Å². The summed E-state index contributed by atoms with van der Waals surface area (Å²) in [6.07, 6.45) is 0.890. The van der Waals surface area contributed by atoms with Gasteiger partial charge in [-0.3, -0.25) is 4.79 Å². The molecular formula is C14H22N2O2. The van der Waals surface area contributed by atoms with E-state index < -0.39 is 0 Å². The predicted octanol–water partition coefficient (Wildman–Crippen LogP) is 2.54. The molecule has 1 aromatic carbocycles. The number of hydrogen-bond donors (Lipinski definition) is 1. The molecule has 0 spiro atoms. The van der Waals surface area contributed by atoms with Gasteiger partial charge >= 0.3 is 0 Å². The molecule has 0 saturated heterocycles. The number of carbonyl (C=O) groups is 1. The fourth-order valence-corrected chi connectivity index (χ4v) is 1.57. The zero-order valence-electron chi connectivity index (χ0n) is 11.8. The lowest BCUT2D eigenvalue weighted by atomic mass is 9.99.